The Hall–Kier alpha value is -7.16. The van der Waals surface area contributed by atoms with Gasteiger partial charge in [-0.3, -0.25) is 0 Å². The number of hydrogen-bond donors (Lipinski definition) is 0. The first kappa shape index (κ1) is 31.4. The summed E-state index contributed by atoms with van der Waals surface area (Å²) in [5.74, 6) is 0. The van der Waals surface area contributed by atoms with Crippen molar-refractivity contribution in [2.75, 3.05) is 4.90 Å². The van der Waals surface area contributed by atoms with Gasteiger partial charge < -0.3 is 9.47 Å². The van der Waals surface area contributed by atoms with Gasteiger partial charge in [0.2, 0.25) is 0 Å². The molecule has 10 aromatic rings. The second kappa shape index (κ2) is 12.5. The van der Waals surface area contributed by atoms with Gasteiger partial charge in [0.25, 0.3) is 0 Å². The van der Waals surface area contributed by atoms with E-state index in [0.717, 1.165) is 22.7 Å². The molecule has 1 aliphatic carbocycles. The van der Waals surface area contributed by atoms with Crippen LogP contribution in [0.15, 0.2) is 218 Å². The number of hydrogen-bond acceptors (Lipinski definition) is 1. The van der Waals surface area contributed by atoms with Crippen molar-refractivity contribution < 1.29 is 0 Å². The zero-order valence-electron chi connectivity index (χ0n) is 30.2. The molecule has 9 aromatic carbocycles. The summed E-state index contributed by atoms with van der Waals surface area (Å²) in [4.78, 5) is 2.45. The molecule has 0 saturated heterocycles. The molecule has 2 heteroatoms. The van der Waals surface area contributed by atoms with Crippen LogP contribution in [0.2, 0.25) is 0 Å². The number of fused-ring (bicyclic) bond motifs is 7. The number of anilines is 3. The van der Waals surface area contributed by atoms with Crippen molar-refractivity contribution in [3.63, 3.8) is 0 Å². The van der Waals surface area contributed by atoms with Crippen molar-refractivity contribution in [2.45, 2.75) is 5.41 Å². The maximum atomic E-state index is 2.45. The van der Waals surface area contributed by atoms with E-state index in [-0.39, 0.29) is 0 Å². The highest BCUT2D eigenvalue weighted by molar-refractivity contribution is 6.09. The number of rotatable bonds is 6. The minimum Gasteiger partial charge on any atom is -0.310 e. The van der Waals surface area contributed by atoms with Gasteiger partial charge in [0.1, 0.15) is 0 Å². The summed E-state index contributed by atoms with van der Waals surface area (Å²) in [5.41, 5.74) is 14.0. The normalized spacial score (nSPS) is 12.9. The molecule has 0 N–H and O–H groups in total. The van der Waals surface area contributed by atoms with Crippen LogP contribution in [0.4, 0.5) is 17.1 Å². The maximum absolute atomic E-state index is 2.45. The molecule has 2 nitrogen and oxygen atoms in total. The Bertz CT molecular complexity index is 2960. The van der Waals surface area contributed by atoms with Crippen molar-refractivity contribution in [2.24, 2.45) is 0 Å². The Kier molecular flexibility index (Phi) is 7.11. The second-order valence-electron chi connectivity index (χ2n) is 14.5. The smallest absolute Gasteiger partial charge is 0.0714 e. The monoisotopic (exact) mass is 700 g/mol. The maximum Gasteiger partial charge on any atom is 0.0714 e. The lowest BCUT2D eigenvalue weighted by atomic mass is 9.67. The minimum absolute atomic E-state index is 0.500. The van der Waals surface area contributed by atoms with Gasteiger partial charge in [-0.25, -0.2) is 0 Å². The van der Waals surface area contributed by atoms with E-state index in [2.05, 4.69) is 228 Å². The van der Waals surface area contributed by atoms with Gasteiger partial charge in [-0.1, -0.05) is 170 Å². The second-order valence-corrected chi connectivity index (χ2v) is 14.5. The van der Waals surface area contributed by atoms with Gasteiger partial charge >= 0.3 is 0 Å². The van der Waals surface area contributed by atoms with Gasteiger partial charge in [-0.2, -0.15) is 0 Å². The predicted molar refractivity (Wildman–Crippen MR) is 230 cm³/mol. The Morgan fingerprint density at radius 1 is 0.364 bits per heavy atom. The Morgan fingerprint density at radius 3 is 1.58 bits per heavy atom. The van der Waals surface area contributed by atoms with Crippen molar-refractivity contribution in [1.29, 1.82) is 0 Å². The van der Waals surface area contributed by atoms with Crippen LogP contribution in [0, 0.1) is 0 Å². The van der Waals surface area contributed by atoms with Gasteiger partial charge in [0, 0.05) is 33.2 Å². The van der Waals surface area contributed by atoms with Crippen LogP contribution in [0.5, 0.6) is 0 Å². The summed E-state index contributed by atoms with van der Waals surface area (Å²) in [6, 6.07) is 80.1. The van der Waals surface area contributed by atoms with Gasteiger partial charge in [-0.05, 0) is 87.3 Å². The molecule has 1 heterocycles. The molecule has 11 rings (SSSR count). The molecule has 0 bridgehead atoms. The van der Waals surface area contributed by atoms with E-state index in [1.165, 1.54) is 66.0 Å². The van der Waals surface area contributed by atoms with Crippen molar-refractivity contribution in [3.05, 3.63) is 241 Å². The van der Waals surface area contributed by atoms with E-state index in [0.29, 0.717) is 0 Å². The third-order valence-corrected chi connectivity index (χ3v) is 11.6. The molecule has 55 heavy (non-hydrogen) atoms. The van der Waals surface area contributed by atoms with Crippen LogP contribution in [0.1, 0.15) is 22.3 Å². The van der Waals surface area contributed by atoms with Crippen LogP contribution in [-0.2, 0) is 5.41 Å². The van der Waals surface area contributed by atoms with Gasteiger partial charge in [-0.15, -0.1) is 0 Å². The molecule has 0 radical (unpaired) electrons. The first-order valence-corrected chi connectivity index (χ1v) is 19.0. The highest BCUT2D eigenvalue weighted by atomic mass is 15.1. The number of benzene rings is 9. The summed E-state index contributed by atoms with van der Waals surface area (Å²) < 4.78 is 2.41. The van der Waals surface area contributed by atoms with Crippen LogP contribution >= 0.6 is 0 Å². The highest BCUT2D eigenvalue weighted by Gasteiger charge is 2.46. The quantitative estimate of drug-likeness (QED) is 0.168. The lowest BCUT2D eigenvalue weighted by molar-refractivity contribution is 0.768. The largest absolute Gasteiger partial charge is 0.310 e. The van der Waals surface area contributed by atoms with Crippen molar-refractivity contribution in [3.8, 4) is 16.8 Å². The molecule has 0 fully saturated rings. The van der Waals surface area contributed by atoms with Crippen LogP contribution in [0.25, 0.3) is 49.4 Å². The lowest BCUT2D eigenvalue weighted by Crippen LogP contribution is -2.28. The summed E-state index contributed by atoms with van der Waals surface area (Å²) in [7, 11) is 0. The summed E-state index contributed by atoms with van der Waals surface area (Å²) >= 11 is 0. The standard InChI is InChI=1S/C53H36N2/c1-2-19-38(20-3-1)53(48-30-10-6-26-44(48)45-27-7-11-31-49(45)53)39-21-15-22-40(35-39)54(50-34-14-18-37-17-4-5-25-43(37)50)41-23-16-24-42(36-41)55-51-32-12-8-28-46(51)47-29-9-13-33-52(47)55/h1-36H. The van der Waals surface area contributed by atoms with E-state index in [1.54, 1.807) is 0 Å². The molecule has 1 aromatic heterocycles. The Balaban J connectivity index is 1.18. The fourth-order valence-electron chi connectivity index (χ4n) is 9.39. The fourth-order valence-corrected chi connectivity index (χ4v) is 9.39. The van der Waals surface area contributed by atoms with E-state index in [1.807, 2.05) is 0 Å². The highest BCUT2D eigenvalue weighted by Crippen LogP contribution is 2.56. The topological polar surface area (TPSA) is 8.17 Å². The molecule has 258 valence electrons. The summed E-state index contributed by atoms with van der Waals surface area (Å²) in [6.07, 6.45) is 0. The van der Waals surface area contributed by atoms with Crippen LogP contribution < -0.4 is 4.90 Å². The van der Waals surface area contributed by atoms with Crippen molar-refractivity contribution >= 4 is 49.6 Å². The average Bonchev–Trinajstić information content (AvgIpc) is 3.76. The van der Waals surface area contributed by atoms with Gasteiger partial charge in [0.05, 0.1) is 22.1 Å². The number of para-hydroxylation sites is 2. The molecule has 1 aliphatic rings. The summed E-state index contributed by atoms with van der Waals surface area (Å²) in [5, 5.41) is 4.92. The third kappa shape index (κ3) is 4.68. The molecule has 0 amide bonds. The van der Waals surface area contributed by atoms with Crippen molar-refractivity contribution in [1.82, 2.24) is 4.57 Å². The molecular formula is C53H36N2. The van der Waals surface area contributed by atoms with Gasteiger partial charge in [0.15, 0.2) is 0 Å². The molecule has 0 aliphatic heterocycles. The molecule has 0 saturated carbocycles. The molecule has 0 atom stereocenters. The molecule has 0 unspecified atom stereocenters. The first-order valence-electron chi connectivity index (χ1n) is 19.0. The van der Waals surface area contributed by atoms with E-state index in [4.69, 9.17) is 0 Å². The zero-order chi connectivity index (χ0) is 36.3. The van der Waals surface area contributed by atoms with Crippen LogP contribution in [0.3, 0.4) is 0 Å². The summed E-state index contributed by atoms with van der Waals surface area (Å²) in [6.45, 7) is 0. The molecular weight excluding hydrogens is 665 g/mol. The number of nitrogens with zero attached hydrogens (tertiary/aromatic N) is 2. The van der Waals surface area contributed by atoms with Crippen LogP contribution in [-0.4, -0.2) is 4.57 Å². The third-order valence-electron chi connectivity index (χ3n) is 11.6. The van der Waals surface area contributed by atoms with E-state index < -0.39 is 5.41 Å². The van der Waals surface area contributed by atoms with E-state index in [9.17, 15) is 0 Å². The predicted octanol–water partition coefficient (Wildman–Crippen LogP) is 13.8. The first-order chi connectivity index (χ1) is 27.3. The Morgan fingerprint density at radius 2 is 0.873 bits per heavy atom. The SMILES string of the molecule is c1ccc(C2(c3cccc(N(c4cccc(-n5c6ccccc6c6ccccc65)c4)c4cccc5ccccc45)c3)c3ccccc3-c3ccccc32)cc1. The lowest BCUT2D eigenvalue weighted by Gasteiger charge is -2.35. The number of aromatic nitrogens is 1. The zero-order valence-corrected chi connectivity index (χ0v) is 30.2. The van der Waals surface area contributed by atoms with E-state index >= 15 is 0 Å². The average molecular weight is 701 g/mol. The fraction of sp³-hybridized carbons (Fsp3) is 0.0189. The Labute approximate surface area is 320 Å². The minimum atomic E-state index is -0.500. The molecule has 0 spiro atoms.